The molecule has 0 saturated heterocycles. The minimum absolute atomic E-state index is 0.186. The van der Waals surface area contributed by atoms with Crippen molar-refractivity contribution < 1.29 is 8.42 Å². The first-order chi connectivity index (χ1) is 9.34. The molecule has 0 spiro atoms. The zero-order valence-corrected chi connectivity index (χ0v) is 13.6. The van der Waals surface area contributed by atoms with Crippen LogP contribution in [0.3, 0.4) is 0 Å². The molecule has 3 atom stereocenters. The lowest BCUT2D eigenvalue weighted by Gasteiger charge is -2.33. The average Bonchev–Trinajstić information content (AvgIpc) is 2.72. The lowest BCUT2D eigenvalue weighted by atomic mass is 9.81. The van der Waals surface area contributed by atoms with Gasteiger partial charge in [-0.05, 0) is 39.2 Å². The smallest absolute Gasteiger partial charge is 0.150 e. The van der Waals surface area contributed by atoms with Crippen LogP contribution in [0.25, 0.3) is 0 Å². The highest BCUT2D eigenvalue weighted by molar-refractivity contribution is 7.91. The fraction of sp³-hybridized carbons (Fsp3) is 0.786. The number of sulfone groups is 1. The Morgan fingerprint density at radius 2 is 2.15 bits per heavy atom. The predicted molar refractivity (Wildman–Crippen MR) is 80.3 cm³/mol. The van der Waals surface area contributed by atoms with Crippen LogP contribution in [0.2, 0.25) is 0 Å². The van der Waals surface area contributed by atoms with Crippen molar-refractivity contribution in [2.75, 3.05) is 13.3 Å². The van der Waals surface area contributed by atoms with Crippen LogP contribution in [-0.2, 0) is 16.9 Å². The third-order valence-electron chi connectivity index (χ3n) is 4.66. The van der Waals surface area contributed by atoms with Gasteiger partial charge in [-0.25, -0.2) is 8.42 Å². The molecule has 20 heavy (non-hydrogen) atoms. The molecule has 1 N–H and O–H groups in total. The van der Waals surface area contributed by atoms with Gasteiger partial charge in [0.15, 0.2) is 0 Å². The van der Waals surface area contributed by atoms with Gasteiger partial charge in [-0.15, -0.1) is 0 Å². The molecule has 5 nitrogen and oxygen atoms in total. The minimum atomic E-state index is -2.94. The van der Waals surface area contributed by atoms with Crippen LogP contribution in [0.4, 0.5) is 0 Å². The van der Waals surface area contributed by atoms with Crippen molar-refractivity contribution in [1.82, 2.24) is 15.1 Å². The van der Waals surface area contributed by atoms with Gasteiger partial charge < -0.3 is 5.32 Å². The molecular weight excluding hydrogens is 274 g/mol. The summed E-state index contributed by atoms with van der Waals surface area (Å²) < 4.78 is 25.5. The Morgan fingerprint density at radius 3 is 2.65 bits per heavy atom. The Hall–Kier alpha value is -0.880. The fourth-order valence-electron chi connectivity index (χ4n) is 3.34. The maximum absolute atomic E-state index is 11.8. The van der Waals surface area contributed by atoms with E-state index in [9.17, 15) is 8.42 Å². The van der Waals surface area contributed by atoms with Gasteiger partial charge >= 0.3 is 0 Å². The second kappa shape index (κ2) is 5.85. The van der Waals surface area contributed by atoms with Crippen molar-refractivity contribution in [1.29, 1.82) is 0 Å². The van der Waals surface area contributed by atoms with Crippen molar-refractivity contribution in [3.8, 4) is 0 Å². The second-order valence-corrected chi connectivity index (χ2v) is 8.28. The van der Waals surface area contributed by atoms with Gasteiger partial charge in [0.05, 0.1) is 11.4 Å². The van der Waals surface area contributed by atoms with Gasteiger partial charge in [0, 0.05) is 30.6 Å². The summed E-state index contributed by atoms with van der Waals surface area (Å²) in [5.74, 6) is 0.358. The molecule has 1 aromatic rings. The SMILES string of the molecule is CNC(c1cnn(C)c1C)C1CCCC(S(C)(=O)=O)C1. The highest BCUT2D eigenvalue weighted by Crippen LogP contribution is 2.37. The summed E-state index contributed by atoms with van der Waals surface area (Å²) in [7, 11) is 0.946. The maximum Gasteiger partial charge on any atom is 0.150 e. The molecule has 0 aromatic carbocycles. The van der Waals surface area contributed by atoms with Crippen molar-refractivity contribution in [3.63, 3.8) is 0 Å². The monoisotopic (exact) mass is 299 g/mol. The number of nitrogens with one attached hydrogen (secondary N) is 1. The zero-order valence-electron chi connectivity index (χ0n) is 12.8. The van der Waals surface area contributed by atoms with E-state index in [1.165, 1.54) is 11.8 Å². The molecule has 1 aliphatic rings. The van der Waals surface area contributed by atoms with Crippen molar-refractivity contribution in [2.45, 2.75) is 43.9 Å². The van der Waals surface area contributed by atoms with E-state index in [1.807, 2.05) is 25.0 Å². The molecule has 0 aliphatic heterocycles. The van der Waals surface area contributed by atoms with Crippen LogP contribution in [0.1, 0.15) is 43.0 Å². The van der Waals surface area contributed by atoms with Crippen LogP contribution in [-0.4, -0.2) is 36.8 Å². The summed E-state index contributed by atoms with van der Waals surface area (Å²) in [5, 5.41) is 7.49. The molecule has 0 bridgehead atoms. The Labute approximate surface area is 121 Å². The molecule has 3 unspecified atom stereocenters. The predicted octanol–water partition coefficient (Wildman–Crippen LogP) is 1.59. The molecule has 0 amide bonds. The van der Waals surface area contributed by atoms with E-state index >= 15 is 0 Å². The molecule has 0 radical (unpaired) electrons. The van der Waals surface area contributed by atoms with E-state index in [2.05, 4.69) is 17.3 Å². The van der Waals surface area contributed by atoms with E-state index < -0.39 is 9.84 Å². The quantitative estimate of drug-likeness (QED) is 0.917. The number of aromatic nitrogens is 2. The minimum Gasteiger partial charge on any atom is -0.313 e. The van der Waals surface area contributed by atoms with Gasteiger partial charge in [-0.3, -0.25) is 4.68 Å². The first kappa shape index (κ1) is 15.5. The lowest BCUT2D eigenvalue weighted by molar-refractivity contribution is 0.282. The molecule has 1 fully saturated rings. The molecule has 1 saturated carbocycles. The highest BCUT2D eigenvalue weighted by atomic mass is 32.2. The van der Waals surface area contributed by atoms with E-state index in [-0.39, 0.29) is 11.3 Å². The first-order valence-electron chi connectivity index (χ1n) is 7.19. The first-order valence-corrected chi connectivity index (χ1v) is 9.14. The van der Waals surface area contributed by atoms with Crippen molar-refractivity contribution in [3.05, 3.63) is 17.5 Å². The second-order valence-electron chi connectivity index (χ2n) is 5.95. The third kappa shape index (κ3) is 3.06. The summed E-state index contributed by atoms with van der Waals surface area (Å²) in [5.41, 5.74) is 2.33. The molecule has 114 valence electrons. The van der Waals surface area contributed by atoms with Gasteiger partial charge in [0.25, 0.3) is 0 Å². The molecule has 1 aliphatic carbocycles. The van der Waals surface area contributed by atoms with E-state index in [4.69, 9.17) is 0 Å². The van der Waals surface area contributed by atoms with Crippen LogP contribution in [0.15, 0.2) is 6.20 Å². The van der Waals surface area contributed by atoms with Crippen LogP contribution >= 0.6 is 0 Å². The number of aryl methyl sites for hydroxylation is 1. The Morgan fingerprint density at radius 1 is 1.45 bits per heavy atom. The Kier molecular flexibility index (Phi) is 4.54. The van der Waals surface area contributed by atoms with Gasteiger partial charge in [-0.1, -0.05) is 6.42 Å². The molecule has 2 rings (SSSR count). The maximum atomic E-state index is 11.8. The van der Waals surface area contributed by atoms with Crippen LogP contribution < -0.4 is 5.32 Å². The fourth-order valence-corrected chi connectivity index (χ4v) is 4.53. The molecule has 1 aromatic heterocycles. The van der Waals surface area contributed by atoms with Crippen LogP contribution in [0.5, 0.6) is 0 Å². The Balaban J connectivity index is 2.22. The number of hydrogen-bond acceptors (Lipinski definition) is 4. The average molecular weight is 299 g/mol. The van der Waals surface area contributed by atoms with Crippen LogP contribution in [0, 0.1) is 12.8 Å². The lowest BCUT2D eigenvalue weighted by Crippen LogP contribution is -2.34. The van der Waals surface area contributed by atoms with E-state index in [0.29, 0.717) is 5.92 Å². The topological polar surface area (TPSA) is 64.0 Å². The Bertz CT molecular complexity index is 565. The van der Waals surface area contributed by atoms with Gasteiger partial charge in [0.2, 0.25) is 0 Å². The summed E-state index contributed by atoms with van der Waals surface area (Å²) in [6.45, 7) is 2.06. The van der Waals surface area contributed by atoms with Gasteiger partial charge in [0.1, 0.15) is 9.84 Å². The van der Waals surface area contributed by atoms with Crippen molar-refractivity contribution >= 4 is 9.84 Å². The summed E-state index contributed by atoms with van der Waals surface area (Å²) in [4.78, 5) is 0. The standard InChI is InChI=1S/C14H25N3O2S/c1-10-13(9-16-17(10)3)14(15-2)11-6-5-7-12(8-11)20(4,18)19/h9,11-12,14-15H,5-8H2,1-4H3. The van der Waals surface area contributed by atoms with Crippen molar-refractivity contribution in [2.24, 2.45) is 13.0 Å². The highest BCUT2D eigenvalue weighted by Gasteiger charge is 2.34. The molecule has 1 heterocycles. The normalized spacial score (nSPS) is 25.6. The molecule has 6 heteroatoms. The number of hydrogen-bond donors (Lipinski definition) is 1. The summed E-state index contributed by atoms with van der Waals surface area (Å²) in [6, 6.07) is 0.188. The number of nitrogens with zero attached hydrogens (tertiary/aromatic N) is 2. The van der Waals surface area contributed by atoms with E-state index in [1.54, 1.807) is 0 Å². The summed E-state index contributed by atoms with van der Waals surface area (Å²) >= 11 is 0. The largest absolute Gasteiger partial charge is 0.313 e. The zero-order chi connectivity index (χ0) is 14.9. The third-order valence-corrected chi connectivity index (χ3v) is 6.30. The summed E-state index contributed by atoms with van der Waals surface area (Å²) in [6.07, 6.45) is 6.88. The van der Waals surface area contributed by atoms with E-state index in [0.717, 1.165) is 31.4 Å². The molecular formula is C14H25N3O2S. The van der Waals surface area contributed by atoms with Gasteiger partial charge in [-0.2, -0.15) is 5.10 Å². The number of rotatable bonds is 4.